The highest BCUT2D eigenvalue weighted by Crippen LogP contribution is 2.28. The molecular formula is C19H25N. The molecule has 0 fully saturated rings. The van der Waals surface area contributed by atoms with Crippen LogP contribution in [0, 0.1) is 0 Å². The van der Waals surface area contributed by atoms with Gasteiger partial charge in [0.15, 0.2) is 0 Å². The summed E-state index contributed by atoms with van der Waals surface area (Å²) in [4.78, 5) is 0. The van der Waals surface area contributed by atoms with Crippen LogP contribution in [0.5, 0.6) is 0 Å². The number of benzene rings is 1. The summed E-state index contributed by atoms with van der Waals surface area (Å²) in [6.45, 7) is 11.8. The Morgan fingerprint density at radius 1 is 1.10 bits per heavy atom. The second-order valence-electron chi connectivity index (χ2n) is 6.36. The van der Waals surface area contributed by atoms with Gasteiger partial charge in [-0.15, -0.1) is 0 Å². The van der Waals surface area contributed by atoms with Crippen LogP contribution in [-0.4, -0.2) is 4.57 Å². The van der Waals surface area contributed by atoms with Crippen LogP contribution in [0.1, 0.15) is 44.0 Å². The monoisotopic (exact) mass is 267 g/mol. The predicted molar refractivity (Wildman–Crippen MR) is 88.0 cm³/mol. The number of aryl methyl sites for hydroxylation is 2. The average molecular weight is 267 g/mol. The Balaban J connectivity index is 2.07. The fourth-order valence-corrected chi connectivity index (χ4v) is 2.80. The summed E-state index contributed by atoms with van der Waals surface area (Å²) in [5, 5.41) is 0. The zero-order valence-corrected chi connectivity index (χ0v) is 12.9. The summed E-state index contributed by atoms with van der Waals surface area (Å²) >= 11 is 0. The van der Waals surface area contributed by atoms with E-state index in [1.165, 1.54) is 23.2 Å². The molecule has 0 saturated carbocycles. The first-order valence-corrected chi connectivity index (χ1v) is 7.38. The lowest BCUT2D eigenvalue weighted by Gasteiger charge is -2.23. The first-order valence-electron chi connectivity index (χ1n) is 7.38. The third-order valence-corrected chi connectivity index (χ3v) is 3.63. The molecular weight excluding hydrogens is 242 g/mol. The number of hydrogen-bond acceptors (Lipinski definition) is 0. The van der Waals surface area contributed by atoms with Crippen LogP contribution < -0.4 is 0 Å². The van der Waals surface area contributed by atoms with Gasteiger partial charge in [-0.2, -0.15) is 0 Å². The fraction of sp³-hybridized carbons (Fsp3) is 0.368. The zero-order chi connectivity index (χ0) is 14.6. The third-order valence-electron chi connectivity index (χ3n) is 3.63. The van der Waals surface area contributed by atoms with Crippen LogP contribution in [0.25, 0.3) is 6.08 Å². The van der Waals surface area contributed by atoms with Gasteiger partial charge in [0, 0.05) is 23.9 Å². The van der Waals surface area contributed by atoms with Gasteiger partial charge in [0.2, 0.25) is 0 Å². The topological polar surface area (TPSA) is 4.93 Å². The quantitative estimate of drug-likeness (QED) is 0.713. The molecule has 0 aliphatic rings. The van der Waals surface area contributed by atoms with E-state index in [0.29, 0.717) is 0 Å². The highest BCUT2D eigenvalue weighted by molar-refractivity contribution is 5.52. The molecule has 1 nitrogen and oxygen atoms in total. The first kappa shape index (κ1) is 14.6. The molecule has 0 atom stereocenters. The lowest BCUT2D eigenvalue weighted by molar-refractivity contribution is 0.506. The summed E-state index contributed by atoms with van der Waals surface area (Å²) in [6, 6.07) is 12.9. The highest BCUT2D eigenvalue weighted by Gasteiger charge is 2.21. The molecule has 0 bridgehead atoms. The van der Waals surface area contributed by atoms with Gasteiger partial charge < -0.3 is 4.57 Å². The van der Waals surface area contributed by atoms with Crippen molar-refractivity contribution >= 4 is 6.08 Å². The normalized spacial score (nSPS) is 11.6. The summed E-state index contributed by atoms with van der Waals surface area (Å²) in [5.74, 6) is 0. The Hall–Kier alpha value is -1.76. The van der Waals surface area contributed by atoms with E-state index in [-0.39, 0.29) is 5.41 Å². The van der Waals surface area contributed by atoms with Crippen LogP contribution in [-0.2, 0) is 18.4 Å². The molecule has 0 unspecified atom stereocenters. The van der Waals surface area contributed by atoms with Gasteiger partial charge in [-0.3, -0.25) is 0 Å². The number of aromatic nitrogens is 1. The Morgan fingerprint density at radius 2 is 1.80 bits per heavy atom. The Kier molecular flexibility index (Phi) is 4.49. The molecule has 0 spiro atoms. The second-order valence-corrected chi connectivity index (χ2v) is 6.36. The van der Waals surface area contributed by atoms with Crippen molar-refractivity contribution in [2.24, 2.45) is 0 Å². The van der Waals surface area contributed by atoms with Gasteiger partial charge in [-0.25, -0.2) is 0 Å². The van der Waals surface area contributed by atoms with Crippen molar-refractivity contribution in [3.63, 3.8) is 0 Å². The van der Waals surface area contributed by atoms with E-state index in [2.05, 4.69) is 74.5 Å². The lowest BCUT2D eigenvalue weighted by atomic mass is 9.89. The number of nitrogens with zero attached hydrogens (tertiary/aromatic N) is 1. The molecule has 20 heavy (non-hydrogen) atoms. The molecule has 0 amide bonds. The van der Waals surface area contributed by atoms with Gasteiger partial charge in [0.05, 0.1) is 0 Å². The van der Waals surface area contributed by atoms with Crippen molar-refractivity contribution in [3.05, 3.63) is 66.0 Å². The van der Waals surface area contributed by atoms with Crippen LogP contribution in [0.4, 0.5) is 0 Å². The molecule has 2 rings (SSSR count). The molecule has 0 saturated heterocycles. The van der Waals surface area contributed by atoms with Crippen LogP contribution >= 0.6 is 0 Å². The summed E-state index contributed by atoms with van der Waals surface area (Å²) in [6.07, 6.45) is 6.46. The minimum atomic E-state index is 0.153. The van der Waals surface area contributed by atoms with E-state index < -0.39 is 0 Å². The first-order chi connectivity index (χ1) is 9.52. The average Bonchev–Trinajstić information content (AvgIpc) is 2.83. The van der Waals surface area contributed by atoms with Crippen molar-refractivity contribution < 1.29 is 0 Å². The largest absolute Gasteiger partial charge is 0.350 e. The molecule has 1 aromatic heterocycles. The zero-order valence-electron chi connectivity index (χ0n) is 12.9. The molecule has 0 aliphatic heterocycles. The summed E-state index contributed by atoms with van der Waals surface area (Å²) < 4.78 is 2.39. The molecule has 106 valence electrons. The molecule has 2 aromatic rings. The predicted octanol–water partition coefficient (Wildman–Crippen LogP) is 5.06. The van der Waals surface area contributed by atoms with Gasteiger partial charge >= 0.3 is 0 Å². The van der Waals surface area contributed by atoms with Crippen molar-refractivity contribution in [1.29, 1.82) is 0 Å². The van der Waals surface area contributed by atoms with Gasteiger partial charge in [-0.1, -0.05) is 63.8 Å². The Labute approximate surface area is 123 Å². The summed E-state index contributed by atoms with van der Waals surface area (Å²) in [7, 11) is 0. The molecule has 0 aliphatic carbocycles. The number of rotatable bonds is 5. The van der Waals surface area contributed by atoms with Gasteiger partial charge in [-0.05, 0) is 30.0 Å². The maximum atomic E-state index is 3.93. The molecule has 1 aromatic carbocycles. The molecule has 0 radical (unpaired) electrons. The smallest absolute Gasteiger partial charge is 0.0301 e. The van der Waals surface area contributed by atoms with Crippen LogP contribution in [0.2, 0.25) is 0 Å². The minimum absolute atomic E-state index is 0.153. The van der Waals surface area contributed by atoms with E-state index in [9.17, 15) is 0 Å². The van der Waals surface area contributed by atoms with E-state index in [1.54, 1.807) is 0 Å². The van der Waals surface area contributed by atoms with Crippen LogP contribution in [0.15, 0.2) is 49.2 Å². The number of hydrogen-bond donors (Lipinski definition) is 0. The van der Waals surface area contributed by atoms with Crippen molar-refractivity contribution in [2.45, 2.75) is 45.6 Å². The lowest BCUT2D eigenvalue weighted by Crippen LogP contribution is -2.19. The highest BCUT2D eigenvalue weighted by atomic mass is 15.0. The summed E-state index contributed by atoms with van der Waals surface area (Å²) in [5.41, 5.74) is 4.22. The SMILES string of the molecule is C=Cc1ccn(CCCc2ccccc2)c1C(C)(C)C. The fourth-order valence-electron chi connectivity index (χ4n) is 2.80. The minimum Gasteiger partial charge on any atom is -0.350 e. The maximum Gasteiger partial charge on any atom is 0.0301 e. The molecule has 0 N–H and O–H groups in total. The van der Waals surface area contributed by atoms with E-state index in [4.69, 9.17) is 0 Å². The standard InChI is InChI=1S/C19H25N/c1-5-17-13-15-20(18(17)19(2,3)4)14-9-12-16-10-7-6-8-11-16/h5-8,10-11,13,15H,1,9,12,14H2,2-4H3. The maximum absolute atomic E-state index is 3.93. The molecule has 1 heteroatoms. The Morgan fingerprint density at radius 3 is 2.40 bits per heavy atom. The van der Waals surface area contributed by atoms with Crippen molar-refractivity contribution in [1.82, 2.24) is 4.57 Å². The van der Waals surface area contributed by atoms with E-state index >= 15 is 0 Å². The second kappa shape index (κ2) is 6.13. The van der Waals surface area contributed by atoms with Crippen molar-refractivity contribution in [2.75, 3.05) is 0 Å². The van der Waals surface area contributed by atoms with Gasteiger partial charge in [0.25, 0.3) is 0 Å². The van der Waals surface area contributed by atoms with Crippen molar-refractivity contribution in [3.8, 4) is 0 Å². The third kappa shape index (κ3) is 3.41. The van der Waals surface area contributed by atoms with Gasteiger partial charge in [0.1, 0.15) is 0 Å². The van der Waals surface area contributed by atoms with E-state index in [0.717, 1.165) is 13.0 Å². The molecule has 1 heterocycles. The van der Waals surface area contributed by atoms with Crippen LogP contribution in [0.3, 0.4) is 0 Å². The Bertz CT molecular complexity index is 555. The van der Waals surface area contributed by atoms with E-state index in [1.807, 2.05) is 6.08 Å².